The number of nitro benzene ring substituents is 1. The van der Waals surface area contributed by atoms with Crippen LogP contribution in [0, 0.1) is 16.0 Å². The fourth-order valence-corrected chi connectivity index (χ4v) is 2.57. The van der Waals surface area contributed by atoms with E-state index < -0.39 is 0 Å². The Labute approximate surface area is 125 Å². The highest BCUT2D eigenvalue weighted by Gasteiger charge is 2.32. The Morgan fingerprint density at radius 2 is 2.24 bits per heavy atom. The van der Waals surface area contributed by atoms with Gasteiger partial charge in [0, 0.05) is 44.1 Å². The molecule has 21 heavy (non-hydrogen) atoms. The fraction of sp³-hybridized carbons (Fsp3) is 0.600. The lowest BCUT2D eigenvalue weighted by Crippen LogP contribution is -2.36. The maximum Gasteiger partial charge on any atom is 0.269 e. The van der Waals surface area contributed by atoms with Crippen LogP contribution in [0.5, 0.6) is 0 Å². The molecule has 1 aliphatic rings. The van der Waals surface area contributed by atoms with E-state index in [1.54, 1.807) is 19.2 Å². The van der Waals surface area contributed by atoms with Gasteiger partial charge < -0.3 is 10.5 Å². The highest BCUT2D eigenvalue weighted by atomic mass is 16.6. The first-order chi connectivity index (χ1) is 10.0. The molecule has 6 heteroatoms. The monoisotopic (exact) mass is 293 g/mol. The Hall–Kier alpha value is -1.66. The molecular formula is C15H23N3O3. The summed E-state index contributed by atoms with van der Waals surface area (Å²) in [5, 5.41) is 10.9. The molecule has 0 heterocycles. The van der Waals surface area contributed by atoms with E-state index in [0.29, 0.717) is 24.9 Å². The van der Waals surface area contributed by atoms with Gasteiger partial charge in [0.2, 0.25) is 0 Å². The topological polar surface area (TPSA) is 81.6 Å². The minimum Gasteiger partial charge on any atom is -0.398 e. The van der Waals surface area contributed by atoms with Crippen molar-refractivity contribution in [2.75, 3.05) is 26.0 Å². The third-order valence-electron chi connectivity index (χ3n) is 4.17. The van der Waals surface area contributed by atoms with Crippen molar-refractivity contribution >= 4 is 11.4 Å². The molecule has 0 saturated heterocycles. The van der Waals surface area contributed by atoms with E-state index in [-0.39, 0.29) is 10.6 Å². The molecule has 2 N–H and O–H groups in total. The summed E-state index contributed by atoms with van der Waals surface area (Å²) < 4.78 is 5.17. The van der Waals surface area contributed by atoms with E-state index in [1.165, 1.54) is 18.9 Å². The van der Waals surface area contributed by atoms with Crippen LogP contribution in [0.1, 0.15) is 25.3 Å². The second-order valence-electron chi connectivity index (χ2n) is 5.68. The predicted molar refractivity (Wildman–Crippen MR) is 82.0 cm³/mol. The first kappa shape index (κ1) is 15.7. The number of benzene rings is 1. The number of anilines is 1. The third kappa shape index (κ3) is 4.15. The van der Waals surface area contributed by atoms with Crippen molar-refractivity contribution in [3.05, 3.63) is 33.9 Å². The molecule has 116 valence electrons. The summed E-state index contributed by atoms with van der Waals surface area (Å²) in [4.78, 5) is 12.8. The van der Waals surface area contributed by atoms with Gasteiger partial charge in [-0.3, -0.25) is 15.0 Å². The van der Waals surface area contributed by atoms with E-state index in [4.69, 9.17) is 10.5 Å². The fourth-order valence-electron chi connectivity index (χ4n) is 2.57. The van der Waals surface area contributed by atoms with Crippen LogP contribution in [0.2, 0.25) is 0 Å². The Bertz CT molecular complexity index is 503. The standard InChI is InChI=1S/C15H23N3O3/c1-11(12-3-4-12)17(7-8-21-2)10-13-9-14(18(19)20)5-6-15(13)16/h5-6,9,11-12H,3-4,7-8,10,16H2,1-2H3. The van der Waals surface area contributed by atoms with E-state index in [0.717, 1.165) is 18.0 Å². The maximum atomic E-state index is 10.9. The van der Waals surface area contributed by atoms with Crippen LogP contribution >= 0.6 is 0 Å². The first-order valence-electron chi connectivity index (χ1n) is 7.28. The summed E-state index contributed by atoms with van der Waals surface area (Å²) >= 11 is 0. The van der Waals surface area contributed by atoms with Gasteiger partial charge >= 0.3 is 0 Å². The smallest absolute Gasteiger partial charge is 0.269 e. The number of hydrogen-bond acceptors (Lipinski definition) is 5. The molecule has 1 unspecified atom stereocenters. The van der Waals surface area contributed by atoms with Crippen LogP contribution in [0.15, 0.2) is 18.2 Å². The predicted octanol–water partition coefficient (Wildman–Crippen LogP) is 2.42. The second kappa shape index (κ2) is 6.87. The van der Waals surface area contributed by atoms with Crippen molar-refractivity contribution in [3.8, 4) is 0 Å². The van der Waals surface area contributed by atoms with Crippen molar-refractivity contribution in [3.63, 3.8) is 0 Å². The third-order valence-corrected chi connectivity index (χ3v) is 4.17. The average Bonchev–Trinajstić information content (AvgIpc) is 3.28. The van der Waals surface area contributed by atoms with Gasteiger partial charge in [-0.1, -0.05) is 0 Å². The van der Waals surface area contributed by atoms with Crippen molar-refractivity contribution in [2.45, 2.75) is 32.4 Å². The highest BCUT2D eigenvalue weighted by Crippen LogP contribution is 2.36. The number of rotatable bonds is 8. The lowest BCUT2D eigenvalue weighted by atomic mass is 10.1. The van der Waals surface area contributed by atoms with Crippen LogP contribution in [-0.4, -0.2) is 36.1 Å². The molecule has 0 bridgehead atoms. The highest BCUT2D eigenvalue weighted by molar-refractivity contribution is 5.52. The van der Waals surface area contributed by atoms with Gasteiger partial charge in [0.1, 0.15) is 0 Å². The Morgan fingerprint density at radius 1 is 1.52 bits per heavy atom. The lowest BCUT2D eigenvalue weighted by molar-refractivity contribution is -0.384. The maximum absolute atomic E-state index is 10.9. The number of ether oxygens (including phenoxy) is 1. The average molecular weight is 293 g/mol. The van der Waals surface area contributed by atoms with Gasteiger partial charge in [-0.15, -0.1) is 0 Å². The zero-order valence-corrected chi connectivity index (χ0v) is 12.6. The van der Waals surface area contributed by atoms with E-state index in [9.17, 15) is 10.1 Å². The molecule has 1 aromatic rings. The minimum absolute atomic E-state index is 0.0879. The summed E-state index contributed by atoms with van der Waals surface area (Å²) in [6, 6.07) is 5.08. The van der Waals surface area contributed by atoms with Crippen LogP contribution < -0.4 is 5.73 Å². The number of nitrogen functional groups attached to an aromatic ring is 1. The molecule has 0 aliphatic heterocycles. The van der Waals surface area contributed by atoms with E-state index >= 15 is 0 Å². The SMILES string of the molecule is COCCN(Cc1cc([N+](=O)[O-])ccc1N)C(C)C1CC1. The van der Waals surface area contributed by atoms with Crippen LogP contribution in [0.3, 0.4) is 0 Å². The Kier molecular flexibility index (Phi) is 5.14. The number of non-ortho nitro benzene ring substituents is 1. The van der Waals surface area contributed by atoms with E-state index in [1.807, 2.05) is 0 Å². The van der Waals surface area contributed by atoms with Gasteiger partial charge in [0.05, 0.1) is 11.5 Å². The number of nitrogens with two attached hydrogens (primary N) is 1. The Morgan fingerprint density at radius 3 is 2.81 bits per heavy atom. The molecule has 0 radical (unpaired) electrons. The molecule has 1 fully saturated rings. The molecular weight excluding hydrogens is 270 g/mol. The van der Waals surface area contributed by atoms with Crippen LogP contribution in [-0.2, 0) is 11.3 Å². The quantitative estimate of drug-likeness (QED) is 0.452. The second-order valence-corrected chi connectivity index (χ2v) is 5.68. The molecule has 1 atom stereocenters. The van der Waals surface area contributed by atoms with Crippen molar-refractivity contribution in [1.29, 1.82) is 0 Å². The molecule has 0 spiro atoms. The van der Waals surface area contributed by atoms with Crippen molar-refractivity contribution in [2.24, 2.45) is 5.92 Å². The minimum atomic E-state index is -0.382. The van der Waals surface area contributed by atoms with Gasteiger partial charge in [-0.2, -0.15) is 0 Å². The van der Waals surface area contributed by atoms with Crippen LogP contribution in [0.25, 0.3) is 0 Å². The van der Waals surface area contributed by atoms with Gasteiger partial charge in [-0.05, 0) is 37.3 Å². The summed E-state index contributed by atoms with van der Waals surface area (Å²) in [5.74, 6) is 0.724. The first-order valence-corrected chi connectivity index (χ1v) is 7.28. The number of nitro groups is 1. The van der Waals surface area contributed by atoms with Gasteiger partial charge in [0.25, 0.3) is 5.69 Å². The molecule has 0 amide bonds. The number of nitrogens with zero attached hydrogens (tertiary/aromatic N) is 2. The number of methoxy groups -OCH3 is 1. The molecule has 1 saturated carbocycles. The normalized spacial score (nSPS) is 16.1. The van der Waals surface area contributed by atoms with Crippen molar-refractivity contribution < 1.29 is 9.66 Å². The number of hydrogen-bond donors (Lipinski definition) is 1. The molecule has 1 aromatic carbocycles. The largest absolute Gasteiger partial charge is 0.398 e. The van der Waals surface area contributed by atoms with Gasteiger partial charge in [0.15, 0.2) is 0 Å². The van der Waals surface area contributed by atoms with Crippen LogP contribution in [0.4, 0.5) is 11.4 Å². The summed E-state index contributed by atoms with van der Waals surface area (Å²) in [7, 11) is 1.68. The van der Waals surface area contributed by atoms with Gasteiger partial charge in [-0.25, -0.2) is 0 Å². The van der Waals surface area contributed by atoms with E-state index in [2.05, 4.69) is 11.8 Å². The summed E-state index contributed by atoms with van der Waals surface area (Å²) in [6.45, 7) is 4.28. The molecule has 0 aromatic heterocycles. The summed E-state index contributed by atoms with van der Waals surface area (Å²) in [5.41, 5.74) is 7.48. The molecule has 6 nitrogen and oxygen atoms in total. The molecule has 1 aliphatic carbocycles. The lowest BCUT2D eigenvalue weighted by Gasteiger charge is -2.29. The summed E-state index contributed by atoms with van der Waals surface area (Å²) in [6.07, 6.45) is 2.52. The zero-order valence-electron chi connectivity index (χ0n) is 12.6. The zero-order chi connectivity index (χ0) is 15.4. The van der Waals surface area contributed by atoms with Crippen molar-refractivity contribution in [1.82, 2.24) is 4.90 Å². The Balaban J connectivity index is 2.14. The molecule has 2 rings (SSSR count).